The summed E-state index contributed by atoms with van der Waals surface area (Å²) in [6.07, 6.45) is 7.72. The average Bonchev–Trinajstić information content (AvgIpc) is 2.53. The number of amides is 1. The highest BCUT2D eigenvalue weighted by molar-refractivity contribution is 5.82. The molecule has 0 spiro atoms. The third-order valence-corrected chi connectivity index (χ3v) is 5.69. The third-order valence-electron chi connectivity index (χ3n) is 5.69. The highest BCUT2D eigenvalue weighted by atomic mass is 16.2. The summed E-state index contributed by atoms with van der Waals surface area (Å²) in [6.45, 7) is 10.7. The maximum atomic E-state index is 12.3. The van der Waals surface area contributed by atoms with Gasteiger partial charge in [0.25, 0.3) is 0 Å². The van der Waals surface area contributed by atoms with Crippen LogP contribution in [0, 0.1) is 11.8 Å². The maximum absolute atomic E-state index is 12.3. The lowest BCUT2D eigenvalue weighted by molar-refractivity contribution is -0.135. The van der Waals surface area contributed by atoms with Gasteiger partial charge in [0.2, 0.25) is 5.91 Å². The van der Waals surface area contributed by atoms with Crippen LogP contribution in [0.3, 0.4) is 0 Å². The molecule has 128 valence electrons. The number of piperidine rings is 2. The van der Waals surface area contributed by atoms with Gasteiger partial charge in [-0.25, -0.2) is 0 Å². The van der Waals surface area contributed by atoms with E-state index in [9.17, 15) is 4.79 Å². The number of nitrogens with zero attached hydrogens (tertiary/aromatic N) is 2. The first-order valence-electron chi connectivity index (χ1n) is 9.27. The number of hydrogen-bond acceptors (Lipinski definition) is 3. The lowest BCUT2D eigenvalue weighted by atomic mass is 9.91. The lowest BCUT2D eigenvalue weighted by Gasteiger charge is -2.37. The molecule has 2 aliphatic rings. The largest absolute Gasteiger partial charge is 0.341 e. The van der Waals surface area contributed by atoms with E-state index in [1.807, 2.05) is 18.7 Å². The molecule has 0 radical (unpaired) electrons. The fraction of sp³-hybridized carbons (Fsp3) is 0.944. The van der Waals surface area contributed by atoms with E-state index in [-0.39, 0.29) is 17.9 Å². The Morgan fingerprint density at radius 2 is 1.82 bits per heavy atom. The van der Waals surface area contributed by atoms with Gasteiger partial charge in [-0.1, -0.05) is 20.3 Å². The van der Waals surface area contributed by atoms with Gasteiger partial charge in [-0.2, -0.15) is 0 Å². The summed E-state index contributed by atoms with van der Waals surface area (Å²) in [7, 11) is 0. The second-order valence-electron chi connectivity index (χ2n) is 7.71. The highest BCUT2D eigenvalue weighted by Crippen LogP contribution is 2.24. The first kappa shape index (κ1) is 17.7. The van der Waals surface area contributed by atoms with Gasteiger partial charge in [-0.15, -0.1) is 0 Å². The molecule has 0 bridgehead atoms. The minimum Gasteiger partial charge on any atom is -0.341 e. The molecule has 2 atom stereocenters. The van der Waals surface area contributed by atoms with Crippen LogP contribution in [-0.2, 0) is 4.79 Å². The molecular weight excluding hydrogens is 274 g/mol. The number of hydrogen-bond donors (Lipinski definition) is 1. The van der Waals surface area contributed by atoms with Gasteiger partial charge in [0, 0.05) is 19.1 Å². The van der Waals surface area contributed by atoms with Crippen LogP contribution in [-0.4, -0.2) is 54.0 Å². The van der Waals surface area contributed by atoms with Crippen LogP contribution in [0.4, 0.5) is 0 Å². The molecule has 2 heterocycles. The summed E-state index contributed by atoms with van der Waals surface area (Å²) in [5, 5.41) is 0. The Hall–Kier alpha value is -0.610. The Morgan fingerprint density at radius 1 is 1.14 bits per heavy atom. The van der Waals surface area contributed by atoms with Crippen molar-refractivity contribution in [3.05, 3.63) is 0 Å². The van der Waals surface area contributed by atoms with Gasteiger partial charge in [0.15, 0.2) is 0 Å². The molecule has 2 N–H and O–H groups in total. The Kier molecular flexibility index (Phi) is 6.69. The fourth-order valence-corrected chi connectivity index (χ4v) is 3.78. The van der Waals surface area contributed by atoms with Crippen molar-refractivity contribution >= 4 is 5.91 Å². The van der Waals surface area contributed by atoms with Gasteiger partial charge >= 0.3 is 0 Å². The highest BCUT2D eigenvalue weighted by Gasteiger charge is 2.28. The minimum absolute atomic E-state index is 0.151. The second kappa shape index (κ2) is 8.30. The lowest BCUT2D eigenvalue weighted by Crippen LogP contribution is -2.49. The number of rotatable bonds is 5. The molecule has 0 aromatic rings. The molecule has 4 heteroatoms. The van der Waals surface area contributed by atoms with Crippen LogP contribution < -0.4 is 5.73 Å². The molecule has 2 saturated heterocycles. The zero-order valence-electron chi connectivity index (χ0n) is 14.8. The van der Waals surface area contributed by atoms with Crippen molar-refractivity contribution in [2.24, 2.45) is 17.6 Å². The topological polar surface area (TPSA) is 49.6 Å². The van der Waals surface area contributed by atoms with Crippen molar-refractivity contribution < 1.29 is 4.79 Å². The molecule has 0 aromatic heterocycles. The molecule has 0 saturated carbocycles. The van der Waals surface area contributed by atoms with Gasteiger partial charge < -0.3 is 15.5 Å². The Balaban J connectivity index is 1.69. The van der Waals surface area contributed by atoms with E-state index in [1.165, 1.54) is 38.8 Å². The molecule has 0 unspecified atom stereocenters. The number of carbonyl (C=O) groups excluding carboxylic acids is 1. The second-order valence-corrected chi connectivity index (χ2v) is 7.71. The van der Waals surface area contributed by atoms with Crippen LogP contribution in [0.15, 0.2) is 0 Å². The smallest absolute Gasteiger partial charge is 0.239 e. The van der Waals surface area contributed by atoms with Crippen molar-refractivity contribution in [3.63, 3.8) is 0 Å². The van der Waals surface area contributed by atoms with Gasteiger partial charge in [-0.05, 0) is 64.0 Å². The molecule has 1 amide bonds. The van der Waals surface area contributed by atoms with E-state index in [4.69, 9.17) is 5.73 Å². The van der Waals surface area contributed by atoms with Crippen molar-refractivity contribution in [1.29, 1.82) is 0 Å². The molecule has 0 aliphatic carbocycles. The summed E-state index contributed by atoms with van der Waals surface area (Å²) < 4.78 is 0. The number of likely N-dealkylation sites (tertiary alicyclic amines) is 2. The molecule has 0 aromatic carbocycles. The van der Waals surface area contributed by atoms with Crippen LogP contribution in [0.1, 0.15) is 59.3 Å². The summed E-state index contributed by atoms with van der Waals surface area (Å²) in [5.74, 6) is 1.16. The zero-order valence-corrected chi connectivity index (χ0v) is 14.8. The van der Waals surface area contributed by atoms with Gasteiger partial charge in [0.05, 0.1) is 6.04 Å². The predicted octanol–water partition coefficient (Wildman–Crippen LogP) is 2.47. The van der Waals surface area contributed by atoms with Crippen molar-refractivity contribution in [2.75, 3.05) is 26.2 Å². The SMILES string of the molecule is CC(C)[C@H](N)C(=O)N1CCC(CCN2CCCC[C@H]2C)CC1. The Morgan fingerprint density at radius 3 is 2.41 bits per heavy atom. The van der Waals surface area contributed by atoms with E-state index < -0.39 is 0 Å². The molecule has 4 nitrogen and oxygen atoms in total. The van der Waals surface area contributed by atoms with E-state index in [0.29, 0.717) is 0 Å². The molecule has 2 fully saturated rings. The average molecular weight is 309 g/mol. The maximum Gasteiger partial charge on any atom is 0.239 e. The standard InChI is InChI=1S/C18H35N3O/c1-14(2)17(19)18(22)21-12-8-16(9-13-21)7-11-20-10-5-4-6-15(20)3/h14-17H,4-13,19H2,1-3H3/t15-,17+/m1/s1. The monoisotopic (exact) mass is 309 g/mol. The predicted molar refractivity (Wildman–Crippen MR) is 91.6 cm³/mol. The van der Waals surface area contributed by atoms with E-state index in [0.717, 1.165) is 37.9 Å². The summed E-state index contributed by atoms with van der Waals surface area (Å²) in [5.41, 5.74) is 6.00. The molecule has 2 rings (SSSR count). The van der Waals surface area contributed by atoms with Crippen LogP contribution in [0.2, 0.25) is 0 Å². The van der Waals surface area contributed by atoms with E-state index in [2.05, 4.69) is 11.8 Å². The number of nitrogens with two attached hydrogens (primary N) is 1. The Bertz CT molecular complexity index is 350. The van der Waals surface area contributed by atoms with E-state index in [1.54, 1.807) is 0 Å². The summed E-state index contributed by atoms with van der Waals surface area (Å²) in [4.78, 5) is 16.9. The first-order chi connectivity index (χ1) is 10.5. The van der Waals surface area contributed by atoms with Crippen LogP contribution >= 0.6 is 0 Å². The number of carbonyl (C=O) groups is 1. The zero-order chi connectivity index (χ0) is 16.1. The van der Waals surface area contributed by atoms with Crippen molar-refractivity contribution in [2.45, 2.75) is 71.4 Å². The van der Waals surface area contributed by atoms with Crippen molar-refractivity contribution in [3.8, 4) is 0 Å². The van der Waals surface area contributed by atoms with Crippen LogP contribution in [0.5, 0.6) is 0 Å². The minimum atomic E-state index is -0.328. The van der Waals surface area contributed by atoms with Gasteiger partial charge in [-0.3, -0.25) is 4.79 Å². The first-order valence-corrected chi connectivity index (χ1v) is 9.27. The normalized spacial score (nSPS) is 26.4. The summed E-state index contributed by atoms with van der Waals surface area (Å²) >= 11 is 0. The van der Waals surface area contributed by atoms with Gasteiger partial charge in [0.1, 0.15) is 0 Å². The summed E-state index contributed by atoms with van der Waals surface area (Å²) in [6, 6.07) is 0.435. The van der Waals surface area contributed by atoms with Crippen LogP contribution in [0.25, 0.3) is 0 Å². The van der Waals surface area contributed by atoms with E-state index >= 15 is 0 Å². The fourth-order valence-electron chi connectivity index (χ4n) is 3.78. The Labute approximate surface area is 136 Å². The molecular formula is C18H35N3O. The third kappa shape index (κ3) is 4.69. The molecule has 22 heavy (non-hydrogen) atoms. The quantitative estimate of drug-likeness (QED) is 0.849. The van der Waals surface area contributed by atoms with Crippen molar-refractivity contribution in [1.82, 2.24) is 9.80 Å². The molecule has 2 aliphatic heterocycles.